The fourth-order valence-electron chi connectivity index (χ4n) is 1.48. The number of carbonyl (C=O) groups is 1. The molecule has 0 aromatic heterocycles. The number of esters is 1. The molecule has 0 N–H and O–H groups in total. The average molecular weight is 299 g/mol. The summed E-state index contributed by atoms with van der Waals surface area (Å²) >= 11 is 3.40. The van der Waals surface area contributed by atoms with E-state index in [4.69, 9.17) is 4.74 Å². The van der Waals surface area contributed by atoms with Crippen molar-refractivity contribution in [3.8, 4) is 0 Å². The van der Waals surface area contributed by atoms with E-state index >= 15 is 0 Å². The molecule has 0 aliphatic carbocycles. The van der Waals surface area contributed by atoms with Gasteiger partial charge in [0.05, 0.1) is 6.42 Å². The van der Waals surface area contributed by atoms with E-state index in [-0.39, 0.29) is 5.97 Å². The van der Waals surface area contributed by atoms with Gasteiger partial charge in [0.25, 0.3) is 0 Å². The highest BCUT2D eigenvalue weighted by molar-refractivity contribution is 9.09. The number of aryl methyl sites for hydroxylation is 1. The largest absolute Gasteiger partial charge is 0.460 e. The summed E-state index contributed by atoms with van der Waals surface area (Å²) in [4.78, 5) is 11.6. The van der Waals surface area contributed by atoms with Crippen molar-refractivity contribution in [2.75, 3.05) is 5.33 Å². The summed E-state index contributed by atoms with van der Waals surface area (Å²) in [6.45, 7) is 5.64. The molecule has 0 saturated heterocycles. The molecule has 0 radical (unpaired) electrons. The van der Waals surface area contributed by atoms with Crippen LogP contribution >= 0.6 is 15.9 Å². The molecule has 0 aliphatic heterocycles. The van der Waals surface area contributed by atoms with Crippen molar-refractivity contribution in [1.82, 2.24) is 0 Å². The minimum absolute atomic E-state index is 0.175. The molecule has 0 amide bonds. The molecule has 94 valence electrons. The quantitative estimate of drug-likeness (QED) is 0.628. The van der Waals surface area contributed by atoms with Gasteiger partial charge in [-0.3, -0.25) is 4.79 Å². The number of rotatable bonds is 4. The van der Waals surface area contributed by atoms with Crippen molar-refractivity contribution in [1.29, 1.82) is 0 Å². The van der Waals surface area contributed by atoms with Crippen LogP contribution in [-0.2, 0) is 22.4 Å². The van der Waals surface area contributed by atoms with Crippen LogP contribution in [0.2, 0.25) is 0 Å². The van der Waals surface area contributed by atoms with Gasteiger partial charge in [-0.2, -0.15) is 0 Å². The van der Waals surface area contributed by atoms with Crippen molar-refractivity contribution in [3.63, 3.8) is 0 Å². The van der Waals surface area contributed by atoms with Gasteiger partial charge in [0, 0.05) is 5.33 Å². The standard InChI is InChI=1S/C14H19BrO2/c1-14(2,3)17-13(16)10-12-6-4-11(5-7-12)8-9-15/h4-7H,8-10H2,1-3H3. The molecule has 1 rings (SSSR count). The summed E-state index contributed by atoms with van der Waals surface area (Å²) in [6.07, 6.45) is 1.35. The maximum Gasteiger partial charge on any atom is 0.310 e. The third-order valence-electron chi connectivity index (χ3n) is 2.17. The predicted octanol–water partition coefficient (Wildman–Crippen LogP) is 3.51. The summed E-state index contributed by atoms with van der Waals surface area (Å²) in [6, 6.07) is 8.09. The van der Waals surface area contributed by atoms with Gasteiger partial charge in [0.2, 0.25) is 0 Å². The molecule has 0 spiro atoms. The number of benzene rings is 1. The van der Waals surface area contributed by atoms with E-state index in [1.807, 2.05) is 32.9 Å². The number of alkyl halides is 1. The summed E-state index contributed by atoms with van der Waals surface area (Å²) in [5.74, 6) is -0.175. The fourth-order valence-corrected chi connectivity index (χ4v) is 1.93. The first-order valence-corrected chi connectivity index (χ1v) is 6.88. The third kappa shape index (κ3) is 5.87. The van der Waals surface area contributed by atoms with E-state index < -0.39 is 5.60 Å². The molecule has 3 heteroatoms. The van der Waals surface area contributed by atoms with E-state index in [1.54, 1.807) is 0 Å². The maximum atomic E-state index is 11.6. The molecule has 2 nitrogen and oxygen atoms in total. The highest BCUT2D eigenvalue weighted by Crippen LogP contribution is 2.11. The Morgan fingerprint density at radius 3 is 2.18 bits per heavy atom. The van der Waals surface area contributed by atoms with Crippen molar-refractivity contribution in [2.45, 2.75) is 39.2 Å². The SMILES string of the molecule is CC(C)(C)OC(=O)Cc1ccc(CCBr)cc1. The van der Waals surface area contributed by atoms with Gasteiger partial charge in [-0.25, -0.2) is 0 Å². The van der Waals surface area contributed by atoms with Gasteiger partial charge in [0.1, 0.15) is 5.60 Å². The Morgan fingerprint density at radius 2 is 1.71 bits per heavy atom. The van der Waals surface area contributed by atoms with Crippen LogP contribution in [0.4, 0.5) is 0 Å². The lowest BCUT2D eigenvalue weighted by molar-refractivity contribution is -0.153. The van der Waals surface area contributed by atoms with Gasteiger partial charge in [-0.15, -0.1) is 0 Å². The van der Waals surface area contributed by atoms with Crippen LogP contribution in [0.5, 0.6) is 0 Å². The Labute approximate surface area is 111 Å². The Hall–Kier alpha value is -0.830. The van der Waals surface area contributed by atoms with Crippen LogP contribution in [0, 0.1) is 0 Å². The summed E-state index contributed by atoms with van der Waals surface area (Å²) in [7, 11) is 0. The number of ether oxygens (including phenoxy) is 1. The minimum atomic E-state index is -0.410. The second kappa shape index (κ2) is 6.20. The molecule has 1 aromatic carbocycles. The third-order valence-corrected chi connectivity index (χ3v) is 2.57. The van der Waals surface area contributed by atoms with Crippen LogP contribution in [0.1, 0.15) is 31.9 Å². The summed E-state index contributed by atoms with van der Waals surface area (Å²) in [5, 5.41) is 0.957. The molecular weight excluding hydrogens is 280 g/mol. The molecule has 0 fully saturated rings. The monoisotopic (exact) mass is 298 g/mol. The lowest BCUT2D eigenvalue weighted by atomic mass is 10.1. The molecule has 1 aromatic rings. The molecule has 0 aliphatic rings. The van der Waals surface area contributed by atoms with Crippen molar-refractivity contribution < 1.29 is 9.53 Å². The first kappa shape index (κ1) is 14.2. The lowest BCUT2D eigenvalue weighted by Gasteiger charge is -2.19. The summed E-state index contributed by atoms with van der Waals surface area (Å²) in [5.41, 5.74) is 1.86. The van der Waals surface area contributed by atoms with E-state index in [2.05, 4.69) is 28.1 Å². The van der Waals surface area contributed by atoms with Crippen LogP contribution in [0.3, 0.4) is 0 Å². The lowest BCUT2D eigenvalue weighted by Crippen LogP contribution is -2.24. The van der Waals surface area contributed by atoms with Crippen molar-refractivity contribution >= 4 is 21.9 Å². The highest BCUT2D eigenvalue weighted by Gasteiger charge is 2.16. The topological polar surface area (TPSA) is 26.3 Å². The first-order chi connectivity index (χ1) is 7.90. The first-order valence-electron chi connectivity index (χ1n) is 5.76. The number of carbonyl (C=O) groups excluding carboxylic acids is 1. The molecule has 0 heterocycles. The zero-order valence-electron chi connectivity index (χ0n) is 10.6. The van der Waals surface area contributed by atoms with Crippen LogP contribution in [0.25, 0.3) is 0 Å². The zero-order chi connectivity index (χ0) is 12.9. The van der Waals surface area contributed by atoms with E-state index in [1.165, 1.54) is 5.56 Å². The van der Waals surface area contributed by atoms with Gasteiger partial charge in [-0.05, 0) is 38.3 Å². The summed E-state index contributed by atoms with van der Waals surface area (Å²) < 4.78 is 5.27. The van der Waals surface area contributed by atoms with Crippen LogP contribution < -0.4 is 0 Å². The molecule has 0 bridgehead atoms. The van der Waals surface area contributed by atoms with Crippen LogP contribution in [0.15, 0.2) is 24.3 Å². The fraction of sp³-hybridized carbons (Fsp3) is 0.500. The average Bonchev–Trinajstić information content (AvgIpc) is 2.18. The van der Waals surface area contributed by atoms with E-state index in [0.717, 1.165) is 17.3 Å². The number of hydrogen-bond acceptors (Lipinski definition) is 2. The van der Waals surface area contributed by atoms with E-state index in [0.29, 0.717) is 6.42 Å². The Morgan fingerprint density at radius 1 is 1.18 bits per heavy atom. The minimum Gasteiger partial charge on any atom is -0.460 e. The molecule has 0 saturated carbocycles. The molecule has 0 atom stereocenters. The normalized spacial score (nSPS) is 11.3. The number of halogens is 1. The van der Waals surface area contributed by atoms with Gasteiger partial charge >= 0.3 is 5.97 Å². The van der Waals surface area contributed by atoms with Crippen molar-refractivity contribution in [3.05, 3.63) is 35.4 Å². The smallest absolute Gasteiger partial charge is 0.310 e. The van der Waals surface area contributed by atoms with E-state index in [9.17, 15) is 4.79 Å². The molecule has 0 unspecified atom stereocenters. The maximum absolute atomic E-state index is 11.6. The Bertz CT molecular complexity index is 363. The second-order valence-electron chi connectivity index (χ2n) is 5.02. The molecule has 17 heavy (non-hydrogen) atoms. The second-order valence-corrected chi connectivity index (χ2v) is 5.81. The zero-order valence-corrected chi connectivity index (χ0v) is 12.2. The predicted molar refractivity (Wildman–Crippen MR) is 73.5 cm³/mol. The van der Waals surface area contributed by atoms with Crippen LogP contribution in [-0.4, -0.2) is 16.9 Å². The van der Waals surface area contributed by atoms with Gasteiger partial charge < -0.3 is 4.74 Å². The van der Waals surface area contributed by atoms with Gasteiger partial charge in [0.15, 0.2) is 0 Å². The highest BCUT2D eigenvalue weighted by atomic mass is 79.9. The Kier molecular flexibility index (Phi) is 5.19. The number of hydrogen-bond donors (Lipinski definition) is 0. The molecular formula is C14H19BrO2. The Balaban J connectivity index is 2.54. The van der Waals surface area contributed by atoms with Gasteiger partial charge in [-0.1, -0.05) is 40.2 Å². The van der Waals surface area contributed by atoms with Crippen molar-refractivity contribution in [2.24, 2.45) is 0 Å².